The molecule has 176 valence electrons. The number of aromatic nitrogens is 3. The van der Waals surface area contributed by atoms with E-state index in [9.17, 15) is 31.2 Å². The largest absolute Gasteiger partial charge is 0.434 e. The van der Waals surface area contributed by atoms with Gasteiger partial charge < -0.3 is 10.3 Å². The van der Waals surface area contributed by atoms with Crippen molar-refractivity contribution in [3.8, 4) is 5.69 Å². The van der Waals surface area contributed by atoms with E-state index in [1.165, 1.54) is 36.5 Å². The fraction of sp³-hybridized carbons (Fsp3) is 0.0952. The van der Waals surface area contributed by atoms with Crippen LogP contribution in [0.1, 0.15) is 16.1 Å². The molecular formula is C21H14ClF3N4O4S. The number of carbonyl (C=O) groups excluding carboxylic acids is 1. The van der Waals surface area contributed by atoms with E-state index in [1.54, 1.807) is 0 Å². The van der Waals surface area contributed by atoms with Gasteiger partial charge in [0.05, 0.1) is 27.4 Å². The smallest absolute Gasteiger partial charge is 0.329 e. The van der Waals surface area contributed by atoms with Gasteiger partial charge in [-0.25, -0.2) is 13.1 Å². The summed E-state index contributed by atoms with van der Waals surface area (Å²) < 4.78 is 66.1. The summed E-state index contributed by atoms with van der Waals surface area (Å²) in [6, 6.07) is 9.08. The molecule has 2 heterocycles. The molecule has 0 aliphatic heterocycles. The second-order valence-corrected chi connectivity index (χ2v) is 9.62. The number of carbonyl (C=O) groups is 1. The van der Waals surface area contributed by atoms with Gasteiger partial charge in [0, 0.05) is 28.9 Å². The predicted molar refractivity (Wildman–Crippen MR) is 119 cm³/mol. The highest BCUT2D eigenvalue weighted by Crippen LogP contribution is 2.35. The first-order valence-electron chi connectivity index (χ1n) is 9.45. The number of nitrogens with one attached hydrogen (secondary N) is 2. The highest BCUT2D eigenvalue weighted by molar-refractivity contribution is 7.90. The van der Waals surface area contributed by atoms with Crippen LogP contribution in [-0.4, -0.2) is 35.3 Å². The molecule has 0 spiro atoms. The van der Waals surface area contributed by atoms with E-state index in [0.29, 0.717) is 4.68 Å². The number of amides is 1. The Morgan fingerprint density at radius 1 is 1.15 bits per heavy atom. The van der Waals surface area contributed by atoms with Crippen molar-refractivity contribution >= 4 is 43.8 Å². The summed E-state index contributed by atoms with van der Waals surface area (Å²) in [5, 5.41) is 6.20. The number of rotatable bonds is 4. The van der Waals surface area contributed by atoms with Gasteiger partial charge in [-0.1, -0.05) is 17.7 Å². The minimum Gasteiger partial charge on any atom is -0.329 e. The van der Waals surface area contributed by atoms with Crippen molar-refractivity contribution in [3.05, 3.63) is 81.5 Å². The number of aromatic amines is 1. The molecule has 0 aliphatic rings. The highest BCUT2D eigenvalue weighted by Gasteiger charge is 2.41. The summed E-state index contributed by atoms with van der Waals surface area (Å²) >= 11 is 5.94. The monoisotopic (exact) mass is 510 g/mol. The van der Waals surface area contributed by atoms with Crippen LogP contribution in [0.15, 0.2) is 64.5 Å². The second kappa shape index (κ2) is 8.29. The number of H-pyrrole nitrogens is 1. The van der Waals surface area contributed by atoms with E-state index in [0.717, 1.165) is 24.6 Å². The van der Waals surface area contributed by atoms with Gasteiger partial charge in [-0.05, 0) is 36.4 Å². The molecule has 2 aromatic heterocycles. The van der Waals surface area contributed by atoms with E-state index in [1.807, 2.05) is 0 Å². The molecule has 4 rings (SSSR count). The number of anilines is 1. The van der Waals surface area contributed by atoms with Gasteiger partial charge in [-0.2, -0.15) is 18.3 Å². The van der Waals surface area contributed by atoms with Crippen LogP contribution in [0.3, 0.4) is 0 Å². The molecule has 0 fully saturated rings. The standard InChI is InChI=1S/C21H14ClF3N4O4S/c1-34(32,33)17-6-5-11(9-15(17)22)28-20(31)14-10-27-29(18(14)21(23,24)25)16-4-2-3-13-12(16)7-8-26-19(13)30/h2-10H,1H3,(H,26,30)(H,28,31). The molecule has 4 aromatic rings. The number of fused-ring (bicyclic) bond motifs is 1. The Morgan fingerprint density at radius 2 is 1.88 bits per heavy atom. The van der Waals surface area contributed by atoms with E-state index < -0.39 is 38.7 Å². The molecule has 8 nitrogen and oxygen atoms in total. The van der Waals surface area contributed by atoms with Gasteiger partial charge in [0.25, 0.3) is 11.5 Å². The minimum atomic E-state index is -4.98. The van der Waals surface area contributed by atoms with Crippen molar-refractivity contribution in [1.82, 2.24) is 14.8 Å². The van der Waals surface area contributed by atoms with Gasteiger partial charge in [-0.15, -0.1) is 0 Å². The van der Waals surface area contributed by atoms with Crippen molar-refractivity contribution in [1.29, 1.82) is 0 Å². The molecule has 13 heteroatoms. The Morgan fingerprint density at radius 3 is 2.53 bits per heavy atom. The van der Waals surface area contributed by atoms with Crippen molar-refractivity contribution in [2.45, 2.75) is 11.1 Å². The molecule has 0 saturated carbocycles. The zero-order valence-corrected chi connectivity index (χ0v) is 18.7. The maximum atomic E-state index is 14.1. The molecule has 0 unspecified atom stereocenters. The van der Waals surface area contributed by atoms with Crippen LogP contribution in [0.5, 0.6) is 0 Å². The van der Waals surface area contributed by atoms with E-state index >= 15 is 0 Å². The van der Waals surface area contributed by atoms with Crippen molar-refractivity contribution in [3.63, 3.8) is 0 Å². The second-order valence-electron chi connectivity index (χ2n) is 7.23. The van der Waals surface area contributed by atoms with Crippen LogP contribution in [0.2, 0.25) is 5.02 Å². The van der Waals surface area contributed by atoms with Crippen LogP contribution in [0, 0.1) is 0 Å². The average Bonchev–Trinajstić information content (AvgIpc) is 3.18. The fourth-order valence-electron chi connectivity index (χ4n) is 3.44. The van der Waals surface area contributed by atoms with Crippen molar-refractivity contribution in [2.24, 2.45) is 0 Å². The van der Waals surface area contributed by atoms with Crippen LogP contribution < -0.4 is 10.9 Å². The molecule has 34 heavy (non-hydrogen) atoms. The summed E-state index contributed by atoms with van der Waals surface area (Å²) in [6.07, 6.45) is -1.99. The number of hydrogen-bond donors (Lipinski definition) is 2. The Hall–Kier alpha value is -3.64. The Bertz CT molecular complexity index is 1610. The third-order valence-corrected chi connectivity index (χ3v) is 6.47. The van der Waals surface area contributed by atoms with Gasteiger partial charge >= 0.3 is 6.18 Å². The molecule has 0 bridgehead atoms. The maximum absolute atomic E-state index is 14.1. The molecule has 2 aromatic carbocycles. The first kappa shape index (κ1) is 23.5. The Labute approximate surface area is 194 Å². The van der Waals surface area contributed by atoms with Crippen LogP contribution in [0.4, 0.5) is 18.9 Å². The number of pyridine rings is 1. The zero-order chi connectivity index (χ0) is 24.8. The summed E-state index contributed by atoms with van der Waals surface area (Å²) in [7, 11) is -3.64. The molecule has 2 N–H and O–H groups in total. The first-order chi connectivity index (χ1) is 15.9. The van der Waals surface area contributed by atoms with Crippen LogP contribution in [-0.2, 0) is 16.0 Å². The SMILES string of the molecule is CS(=O)(=O)c1ccc(NC(=O)c2cnn(-c3cccc4c(=O)[nH]ccc34)c2C(F)(F)F)cc1Cl. The number of nitrogens with zero attached hydrogens (tertiary/aromatic N) is 2. The van der Waals surface area contributed by atoms with E-state index in [-0.39, 0.29) is 32.1 Å². The molecule has 0 radical (unpaired) electrons. The number of hydrogen-bond acceptors (Lipinski definition) is 5. The average molecular weight is 511 g/mol. The molecular weight excluding hydrogens is 497 g/mol. The number of sulfone groups is 1. The lowest BCUT2D eigenvalue weighted by Crippen LogP contribution is -2.21. The number of benzene rings is 2. The van der Waals surface area contributed by atoms with Crippen molar-refractivity contribution < 1.29 is 26.4 Å². The minimum absolute atomic E-state index is 0.0139. The highest BCUT2D eigenvalue weighted by atomic mass is 35.5. The molecule has 1 amide bonds. The third kappa shape index (κ3) is 4.29. The number of alkyl halides is 3. The predicted octanol–water partition coefficient (Wildman–Crippen LogP) is 4.04. The lowest BCUT2D eigenvalue weighted by molar-refractivity contribution is -0.143. The lowest BCUT2D eigenvalue weighted by atomic mass is 10.1. The normalized spacial score (nSPS) is 12.1. The van der Waals surface area contributed by atoms with E-state index in [4.69, 9.17) is 11.6 Å². The molecule has 0 atom stereocenters. The summed E-state index contributed by atoms with van der Waals surface area (Å²) in [5.41, 5.74) is -2.68. The molecule has 0 saturated heterocycles. The molecule has 0 aliphatic carbocycles. The summed E-state index contributed by atoms with van der Waals surface area (Å²) in [4.78, 5) is 27.1. The Balaban J connectivity index is 1.80. The van der Waals surface area contributed by atoms with E-state index in [2.05, 4.69) is 15.4 Å². The van der Waals surface area contributed by atoms with Gasteiger partial charge in [0.2, 0.25) is 0 Å². The van der Waals surface area contributed by atoms with Gasteiger partial charge in [-0.3, -0.25) is 9.59 Å². The maximum Gasteiger partial charge on any atom is 0.434 e. The lowest BCUT2D eigenvalue weighted by Gasteiger charge is -2.14. The first-order valence-corrected chi connectivity index (χ1v) is 11.7. The fourth-order valence-corrected chi connectivity index (χ4v) is 4.77. The van der Waals surface area contributed by atoms with Crippen LogP contribution >= 0.6 is 11.6 Å². The van der Waals surface area contributed by atoms with Crippen LogP contribution in [0.25, 0.3) is 16.5 Å². The zero-order valence-electron chi connectivity index (χ0n) is 17.1. The van der Waals surface area contributed by atoms with Gasteiger partial charge in [0.15, 0.2) is 15.5 Å². The summed E-state index contributed by atoms with van der Waals surface area (Å²) in [5.74, 6) is -1.14. The quantitative estimate of drug-likeness (QED) is 0.430. The van der Waals surface area contributed by atoms with Gasteiger partial charge in [0.1, 0.15) is 0 Å². The topological polar surface area (TPSA) is 114 Å². The number of halogens is 4. The Kier molecular flexibility index (Phi) is 5.74. The van der Waals surface area contributed by atoms with Crippen molar-refractivity contribution in [2.75, 3.05) is 11.6 Å². The summed E-state index contributed by atoms with van der Waals surface area (Å²) in [6.45, 7) is 0. The third-order valence-electron chi connectivity index (χ3n) is 4.89.